The average molecular weight is 348 g/mol. The minimum absolute atomic E-state index is 0.0451. The van der Waals surface area contributed by atoms with E-state index in [-0.39, 0.29) is 12.3 Å². The smallest absolute Gasteiger partial charge is 0.226 e. The van der Waals surface area contributed by atoms with Crippen molar-refractivity contribution in [2.45, 2.75) is 26.3 Å². The molecule has 0 radical (unpaired) electrons. The standard InChI is InChI=1S/C20H20N4O2/c1-14-22-16-8-3-4-9-18(16)24(14)12-6-11-21-20(25)13-17-15-7-2-5-10-19(15)26-23-17/h2-5,7-10H,6,11-13H2,1H3,(H,21,25). The van der Waals surface area contributed by atoms with Gasteiger partial charge >= 0.3 is 0 Å². The molecule has 0 fully saturated rings. The predicted octanol–water partition coefficient (Wildman–Crippen LogP) is 3.23. The molecule has 4 aromatic rings. The van der Waals surface area contributed by atoms with Crippen molar-refractivity contribution in [1.82, 2.24) is 20.0 Å². The maximum Gasteiger partial charge on any atom is 0.226 e. The van der Waals surface area contributed by atoms with Crippen LogP contribution < -0.4 is 5.32 Å². The molecule has 0 aliphatic rings. The molecule has 6 nitrogen and oxygen atoms in total. The summed E-state index contributed by atoms with van der Waals surface area (Å²) in [5.74, 6) is 0.947. The summed E-state index contributed by atoms with van der Waals surface area (Å²) in [6, 6.07) is 15.7. The second-order valence-electron chi connectivity index (χ2n) is 6.31. The van der Waals surface area contributed by atoms with Gasteiger partial charge in [-0.05, 0) is 37.6 Å². The lowest BCUT2D eigenvalue weighted by atomic mass is 10.1. The lowest BCUT2D eigenvalue weighted by molar-refractivity contribution is -0.120. The van der Waals surface area contributed by atoms with E-state index in [0.717, 1.165) is 35.2 Å². The third-order valence-corrected chi connectivity index (χ3v) is 4.51. The zero-order valence-corrected chi connectivity index (χ0v) is 14.6. The normalized spacial score (nSPS) is 11.3. The number of carbonyl (C=O) groups is 1. The van der Waals surface area contributed by atoms with E-state index in [9.17, 15) is 4.79 Å². The molecule has 1 amide bonds. The van der Waals surface area contributed by atoms with Gasteiger partial charge in [-0.15, -0.1) is 0 Å². The average Bonchev–Trinajstić information content (AvgIpc) is 3.20. The van der Waals surface area contributed by atoms with Gasteiger partial charge in [-0.2, -0.15) is 0 Å². The predicted molar refractivity (Wildman–Crippen MR) is 99.8 cm³/mol. The van der Waals surface area contributed by atoms with Gasteiger partial charge < -0.3 is 14.4 Å². The number of carbonyl (C=O) groups excluding carboxylic acids is 1. The summed E-state index contributed by atoms with van der Waals surface area (Å²) in [5, 5.41) is 7.85. The van der Waals surface area contributed by atoms with Crippen molar-refractivity contribution in [3.8, 4) is 0 Å². The van der Waals surface area contributed by atoms with E-state index in [4.69, 9.17) is 4.52 Å². The van der Waals surface area contributed by atoms with Crippen LogP contribution in [0.3, 0.4) is 0 Å². The number of benzene rings is 2. The van der Waals surface area contributed by atoms with Crippen LogP contribution in [-0.2, 0) is 17.8 Å². The first-order chi connectivity index (χ1) is 12.7. The first kappa shape index (κ1) is 16.3. The van der Waals surface area contributed by atoms with E-state index < -0.39 is 0 Å². The molecule has 0 saturated carbocycles. The molecular weight excluding hydrogens is 328 g/mol. The summed E-state index contributed by atoms with van der Waals surface area (Å²) in [6.07, 6.45) is 1.07. The van der Waals surface area contributed by atoms with Crippen LogP contribution in [0, 0.1) is 6.92 Å². The number of aromatic nitrogens is 3. The highest BCUT2D eigenvalue weighted by atomic mass is 16.5. The van der Waals surface area contributed by atoms with Crippen LogP contribution >= 0.6 is 0 Å². The van der Waals surface area contributed by atoms with Gasteiger partial charge in [-0.1, -0.05) is 29.4 Å². The summed E-state index contributed by atoms with van der Waals surface area (Å²) in [5.41, 5.74) is 3.52. The molecular formula is C20H20N4O2. The Kier molecular flexibility index (Phi) is 4.39. The van der Waals surface area contributed by atoms with E-state index in [1.54, 1.807) is 0 Å². The molecule has 0 unspecified atom stereocenters. The number of fused-ring (bicyclic) bond motifs is 2. The lowest BCUT2D eigenvalue weighted by Crippen LogP contribution is -2.27. The fraction of sp³-hybridized carbons (Fsp3) is 0.250. The zero-order valence-electron chi connectivity index (χ0n) is 14.6. The van der Waals surface area contributed by atoms with Crippen molar-refractivity contribution < 1.29 is 9.32 Å². The Hall–Kier alpha value is -3.15. The Labute approximate surface area is 150 Å². The van der Waals surface area contributed by atoms with Crippen molar-refractivity contribution in [1.29, 1.82) is 0 Å². The molecule has 0 bridgehead atoms. The summed E-state index contributed by atoms with van der Waals surface area (Å²) >= 11 is 0. The number of para-hydroxylation sites is 3. The number of imidazole rings is 1. The molecule has 2 heterocycles. The highest BCUT2D eigenvalue weighted by Crippen LogP contribution is 2.18. The van der Waals surface area contributed by atoms with Crippen LogP contribution in [-0.4, -0.2) is 27.2 Å². The van der Waals surface area contributed by atoms with Crippen LogP contribution in [0.2, 0.25) is 0 Å². The molecule has 0 spiro atoms. The van der Waals surface area contributed by atoms with Gasteiger partial charge in [0, 0.05) is 18.5 Å². The quantitative estimate of drug-likeness (QED) is 0.543. The summed E-state index contributed by atoms with van der Waals surface area (Å²) in [6.45, 7) is 3.44. The fourth-order valence-electron chi connectivity index (χ4n) is 3.22. The Morgan fingerprint density at radius 1 is 1.15 bits per heavy atom. The number of nitrogens with zero attached hydrogens (tertiary/aromatic N) is 3. The van der Waals surface area contributed by atoms with E-state index in [2.05, 4.69) is 26.1 Å². The van der Waals surface area contributed by atoms with Gasteiger partial charge in [0.1, 0.15) is 11.5 Å². The van der Waals surface area contributed by atoms with Crippen molar-refractivity contribution in [3.05, 3.63) is 60.0 Å². The minimum Gasteiger partial charge on any atom is -0.356 e. The second-order valence-corrected chi connectivity index (χ2v) is 6.31. The van der Waals surface area contributed by atoms with E-state index in [1.165, 1.54) is 0 Å². The highest BCUT2D eigenvalue weighted by molar-refractivity contribution is 5.86. The second kappa shape index (κ2) is 7.00. The molecule has 132 valence electrons. The van der Waals surface area contributed by atoms with Crippen molar-refractivity contribution in [3.63, 3.8) is 0 Å². The third kappa shape index (κ3) is 3.18. The first-order valence-corrected chi connectivity index (χ1v) is 8.74. The van der Waals surface area contributed by atoms with Gasteiger partial charge in [-0.25, -0.2) is 4.98 Å². The van der Waals surface area contributed by atoms with Crippen molar-refractivity contribution >= 4 is 27.9 Å². The molecule has 4 rings (SSSR count). The van der Waals surface area contributed by atoms with Crippen molar-refractivity contribution in [2.75, 3.05) is 6.54 Å². The SMILES string of the molecule is Cc1nc2ccccc2n1CCCNC(=O)Cc1noc2ccccc12. The topological polar surface area (TPSA) is 73.0 Å². The first-order valence-electron chi connectivity index (χ1n) is 8.74. The van der Waals surface area contributed by atoms with Crippen LogP contribution in [0.15, 0.2) is 53.1 Å². The number of nitrogens with one attached hydrogen (secondary N) is 1. The van der Waals surface area contributed by atoms with Crippen LogP contribution in [0.1, 0.15) is 17.9 Å². The molecule has 1 N–H and O–H groups in total. The molecule has 6 heteroatoms. The van der Waals surface area contributed by atoms with E-state index >= 15 is 0 Å². The Bertz CT molecular complexity index is 1060. The van der Waals surface area contributed by atoms with E-state index in [1.807, 2.05) is 49.4 Å². The maximum atomic E-state index is 12.2. The van der Waals surface area contributed by atoms with Crippen LogP contribution in [0.25, 0.3) is 22.0 Å². The lowest BCUT2D eigenvalue weighted by Gasteiger charge is -2.08. The molecule has 0 aliphatic carbocycles. The maximum absolute atomic E-state index is 12.2. The Morgan fingerprint density at radius 3 is 2.88 bits per heavy atom. The number of hydrogen-bond acceptors (Lipinski definition) is 4. The Morgan fingerprint density at radius 2 is 1.96 bits per heavy atom. The summed E-state index contributed by atoms with van der Waals surface area (Å²) in [4.78, 5) is 16.7. The Balaban J connectivity index is 1.32. The van der Waals surface area contributed by atoms with Gasteiger partial charge in [0.25, 0.3) is 0 Å². The van der Waals surface area contributed by atoms with Gasteiger partial charge in [-0.3, -0.25) is 4.79 Å². The number of amides is 1. The largest absolute Gasteiger partial charge is 0.356 e. The summed E-state index contributed by atoms with van der Waals surface area (Å²) in [7, 11) is 0. The molecule has 2 aromatic heterocycles. The monoisotopic (exact) mass is 348 g/mol. The number of rotatable bonds is 6. The van der Waals surface area contributed by atoms with Crippen molar-refractivity contribution in [2.24, 2.45) is 0 Å². The molecule has 0 aliphatic heterocycles. The van der Waals surface area contributed by atoms with E-state index in [0.29, 0.717) is 17.8 Å². The zero-order chi connectivity index (χ0) is 17.9. The van der Waals surface area contributed by atoms with Gasteiger partial charge in [0.2, 0.25) is 5.91 Å². The summed E-state index contributed by atoms with van der Waals surface area (Å²) < 4.78 is 7.43. The third-order valence-electron chi connectivity index (χ3n) is 4.51. The van der Waals surface area contributed by atoms with Crippen LogP contribution in [0.4, 0.5) is 0 Å². The molecule has 26 heavy (non-hydrogen) atoms. The fourth-order valence-corrected chi connectivity index (χ4v) is 3.22. The molecule has 2 aromatic carbocycles. The number of hydrogen-bond donors (Lipinski definition) is 1. The molecule has 0 atom stereocenters. The molecule has 0 saturated heterocycles. The number of aryl methyl sites for hydroxylation is 2. The highest BCUT2D eigenvalue weighted by Gasteiger charge is 2.12. The minimum atomic E-state index is -0.0451. The van der Waals surface area contributed by atoms with Crippen LogP contribution in [0.5, 0.6) is 0 Å². The van der Waals surface area contributed by atoms with Gasteiger partial charge in [0.15, 0.2) is 5.58 Å². The van der Waals surface area contributed by atoms with Gasteiger partial charge in [0.05, 0.1) is 17.5 Å².